The topological polar surface area (TPSA) is 30.3 Å². The molecule has 1 heterocycles. The fourth-order valence-electron chi connectivity index (χ4n) is 2.54. The van der Waals surface area contributed by atoms with Crippen molar-refractivity contribution in [3.63, 3.8) is 0 Å². The summed E-state index contributed by atoms with van der Waals surface area (Å²) < 4.78 is 38.2. The quantitative estimate of drug-likeness (QED) is 0.855. The van der Waals surface area contributed by atoms with Gasteiger partial charge in [-0.2, -0.15) is 18.4 Å². The van der Waals surface area contributed by atoms with E-state index < -0.39 is 11.7 Å². The first-order chi connectivity index (χ1) is 9.91. The summed E-state index contributed by atoms with van der Waals surface area (Å²) in [5, 5.41) is 8.91. The Morgan fingerprint density at radius 3 is 2.52 bits per heavy atom. The van der Waals surface area contributed by atoms with Crippen molar-refractivity contribution in [3.8, 4) is 6.07 Å². The van der Waals surface area contributed by atoms with Crippen molar-refractivity contribution < 1.29 is 13.2 Å². The molecule has 0 aliphatic carbocycles. The van der Waals surface area contributed by atoms with E-state index in [0.29, 0.717) is 5.69 Å². The molecule has 1 aromatic rings. The Kier molecular flexibility index (Phi) is 4.73. The molecule has 114 valence electrons. The van der Waals surface area contributed by atoms with Crippen molar-refractivity contribution >= 4 is 5.69 Å². The van der Waals surface area contributed by atoms with Gasteiger partial charge in [-0.25, -0.2) is 0 Å². The summed E-state index contributed by atoms with van der Waals surface area (Å²) in [7, 11) is 1.83. The highest BCUT2D eigenvalue weighted by Crippen LogP contribution is 2.33. The minimum atomic E-state index is -4.49. The molecule has 0 unspecified atom stereocenters. The fourth-order valence-corrected chi connectivity index (χ4v) is 2.54. The van der Waals surface area contributed by atoms with Gasteiger partial charge < -0.3 is 9.80 Å². The van der Waals surface area contributed by atoms with Crippen LogP contribution in [0.25, 0.3) is 0 Å². The first-order valence-corrected chi connectivity index (χ1v) is 6.96. The van der Waals surface area contributed by atoms with Crippen LogP contribution in [-0.2, 0) is 6.18 Å². The zero-order valence-electron chi connectivity index (χ0n) is 12.0. The molecule has 1 aliphatic heterocycles. The van der Waals surface area contributed by atoms with Gasteiger partial charge in [0.2, 0.25) is 0 Å². The Bertz CT molecular complexity index is 528. The lowest BCUT2D eigenvalue weighted by Gasteiger charge is -2.23. The molecule has 3 nitrogen and oxygen atoms in total. The van der Waals surface area contributed by atoms with Crippen molar-refractivity contribution in [1.82, 2.24) is 4.90 Å². The number of likely N-dealkylation sites (tertiary alicyclic amines) is 1. The Balaban J connectivity index is 2.07. The Labute approximate surface area is 122 Å². The van der Waals surface area contributed by atoms with Gasteiger partial charge in [0.15, 0.2) is 0 Å². The maximum Gasteiger partial charge on any atom is 0.417 e. The van der Waals surface area contributed by atoms with E-state index in [1.807, 2.05) is 11.9 Å². The zero-order chi connectivity index (χ0) is 15.5. The number of benzene rings is 1. The highest BCUT2D eigenvalue weighted by Gasteiger charge is 2.33. The average molecular weight is 297 g/mol. The predicted octanol–water partition coefficient (Wildman–Crippen LogP) is 3.11. The monoisotopic (exact) mass is 297 g/mol. The van der Waals surface area contributed by atoms with Gasteiger partial charge in [0.25, 0.3) is 0 Å². The Hall–Kier alpha value is -1.74. The van der Waals surface area contributed by atoms with Crippen molar-refractivity contribution in [2.24, 2.45) is 0 Å². The minimum absolute atomic E-state index is 0.326. The summed E-state index contributed by atoms with van der Waals surface area (Å²) in [6, 6.07) is 5.36. The SMILES string of the molecule is CN(CCN1CCCC1)c1ccc(C(F)(F)F)c(C#N)c1. The lowest BCUT2D eigenvalue weighted by molar-refractivity contribution is -0.137. The van der Waals surface area contributed by atoms with E-state index in [0.717, 1.165) is 32.2 Å². The molecule has 0 radical (unpaired) electrons. The highest BCUT2D eigenvalue weighted by molar-refractivity contribution is 5.54. The maximum atomic E-state index is 12.7. The van der Waals surface area contributed by atoms with Gasteiger partial charge in [0.1, 0.15) is 0 Å². The summed E-state index contributed by atoms with van der Waals surface area (Å²) in [5.74, 6) is 0. The molecular weight excluding hydrogens is 279 g/mol. The molecule has 2 rings (SSSR count). The van der Waals surface area contributed by atoms with Crippen LogP contribution in [0.15, 0.2) is 18.2 Å². The number of halogens is 3. The molecular formula is C15H18F3N3. The fraction of sp³-hybridized carbons (Fsp3) is 0.533. The van der Waals surface area contributed by atoms with E-state index in [-0.39, 0.29) is 5.56 Å². The molecule has 1 aromatic carbocycles. The van der Waals surface area contributed by atoms with Crippen molar-refractivity contribution in [2.45, 2.75) is 19.0 Å². The van der Waals surface area contributed by atoms with Crippen LogP contribution in [0, 0.1) is 11.3 Å². The molecule has 1 saturated heterocycles. The van der Waals surface area contributed by atoms with Crippen molar-refractivity contribution in [3.05, 3.63) is 29.3 Å². The normalized spacial score (nSPS) is 16.0. The molecule has 0 spiro atoms. The van der Waals surface area contributed by atoms with Crippen molar-refractivity contribution in [1.29, 1.82) is 5.26 Å². The smallest absolute Gasteiger partial charge is 0.373 e. The molecule has 0 atom stereocenters. The summed E-state index contributed by atoms with van der Waals surface area (Å²) in [6.45, 7) is 3.80. The van der Waals surface area contributed by atoms with Gasteiger partial charge in [-0.3, -0.25) is 0 Å². The Morgan fingerprint density at radius 2 is 1.95 bits per heavy atom. The maximum absolute atomic E-state index is 12.7. The predicted molar refractivity (Wildman–Crippen MR) is 75.1 cm³/mol. The zero-order valence-corrected chi connectivity index (χ0v) is 12.0. The first-order valence-electron chi connectivity index (χ1n) is 6.96. The number of hydrogen-bond donors (Lipinski definition) is 0. The molecule has 0 bridgehead atoms. The number of rotatable bonds is 4. The number of anilines is 1. The van der Waals surface area contributed by atoms with Crippen LogP contribution < -0.4 is 4.90 Å². The average Bonchev–Trinajstić information content (AvgIpc) is 2.96. The second kappa shape index (κ2) is 6.35. The van der Waals surface area contributed by atoms with Crippen LogP contribution in [0.2, 0.25) is 0 Å². The van der Waals surface area contributed by atoms with Gasteiger partial charge in [0.05, 0.1) is 17.2 Å². The molecule has 21 heavy (non-hydrogen) atoms. The summed E-state index contributed by atoms with van der Waals surface area (Å²) in [5.41, 5.74) is -0.562. The molecule has 6 heteroatoms. The van der Waals surface area contributed by atoms with Gasteiger partial charge in [-0.15, -0.1) is 0 Å². The highest BCUT2D eigenvalue weighted by atomic mass is 19.4. The van der Waals surface area contributed by atoms with Crippen LogP contribution in [0.5, 0.6) is 0 Å². The minimum Gasteiger partial charge on any atom is -0.373 e. The van der Waals surface area contributed by atoms with Crippen LogP contribution in [0.1, 0.15) is 24.0 Å². The largest absolute Gasteiger partial charge is 0.417 e. The third-order valence-corrected chi connectivity index (χ3v) is 3.82. The number of likely N-dealkylation sites (N-methyl/N-ethyl adjacent to an activating group) is 1. The van der Waals surface area contributed by atoms with Gasteiger partial charge in [0, 0.05) is 25.8 Å². The molecule has 0 aromatic heterocycles. The standard InChI is InChI=1S/C15H18F3N3/c1-20(8-9-21-6-2-3-7-21)13-4-5-14(15(16,17)18)12(10-13)11-19/h4-5,10H,2-3,6-9H2,1H3. The number of nitriles is 1. The third kappa shape index (κ3) is 3.88. The van der Waals surface area contributed by atoms with Crippen LogP contribution in [0.4, 0.5) is 18.9 Å². The van der Waals surface area contributed by atoms with E-state index in [4.69, 9.17) is 5.26 Å². The molecule has 0 amide bonds. The molecule has 1 fully saturated rings. The number of nitrogens with zero attached hydrogens (tertiary/aromatic N) is 3. The van der Waals surface area contributed by atoms with E-state index in [2.05, 4.69) is 4.90 Å². The van der Waals surface area contributed by atoms with E-state index in [1.165, 1.54) is 25.0 Å². The van der Waals surface area contributed by atoms with Crippen LogP contribution >= 0.6 is 0 Å². The summed E-state index contributed by atoms with van der Waals surface area (Å²) in [6.07, 6.45) is -2.07. The lowest BCUT2D eigenvalue weighted by atomic mass is 10.1. The van der Waals surface area contributed by atoms with Crippen molar-refractivity contribution in [2.75, 3.05) is 38.1 Å². The summed E-state index contributed by atoms with van der Waals surface area (Å²) >= 11 is 0. The Morgan fingerprint density at radius 1 is 1.29 bits per heavy atom. The molecule has 0 saturated carbocycles. The van der Waals surface area contributed by atoms with Gasteiger partial charge in [-0.1, -0.05) is 0 Å². The van der Waals surface area contributed by atoms with E-state index >= 15 is 0 Å². The third-order valence-electron chi connectivity index (χ3n) is 3.82. The van der Waals surface area contributed by atoms with E-state index in [1.54, 1.807) is 6.07 Å². The lowest BCUT2D eigenvalue weighted by Crippen LogP contribution is -2.31. The van der Waals surface area contributed by atoms with Crippen LogP contribution in [-0.4, -0.2) is 38.1 Å². The second-order valence-electron chi connectivity index (χ2n) is 5.31. The second-order valence-corrected chi connectivity index (χ2v) is 5.31. The van der Waals surface area contributed by atoms with Crippen LogP contribution in [0.3, 0.4) is 0 Å². The number of hydrogen-bond acceptors (Lipinski definition) is 3. The summed E-state index contributed by atoms with van der Waals surface area (Å²) in [4.78, 5) is 4.23. The molecule has 1 aliphatic rings. The van der Waals surface area contributed by atoms with Gasteiger partial charge in [-0.05, 0) is 44.1 Å². The molecule has 0 N–H and O–H groups in total. The number of alkyl halides is 3. The first kappa shape index (κ1) is 15.6. The van der Waals surface area contributed by atoms with E-state index in [9.17, 15) is 13.2 Å². The van der Waals surface area contributed by atoms with Gasteiger partial charge >= 0.3 is 6.18 Å².